The molecule has 1 saturated carbocycles. The Labute approximate surface area is 188 Å². The van der Waals surface area contributed by atoms with Crippen molar-refractivity contribution in [2.75, 3.05) is 7.11 Å². The molecule has 168 valence electrons. The van der Waals surface area contributed by atoms with E-state index in [1.54, 1.807) is 36.3 Å². The Bertz CT molecular complexity index is 1060. The van der Waals surface area contributed by atoms with Crippen molar-refractivity contribution in [1.29, 1.82) is 0 Å². The zero-order chi connectivity index (χ0) is 23.0. The van der Waals surface area contributed by atoms with Crippen LogP contribution < -0.4 is 4.74 Å². The third-order valence-corrected chi connectivity index (χ3v) is 6.53. The molecule has 0 bridgehead atoms. The van der Waals surface area contributed by atoms with Gasteiger partial charge < -0.3 is 19.8 Å². The second-order valence-corrected chi connectivity index (χ2v) is 8.85. The van der Waals surface area contributed by atoms with Crippen molar-refractivity contribution in [3.05, 3.63) is 64.7 Å². The Morgan fingerprint density at radius 1 is 1.06 bits per heavy atom. The summed E-state index contributed by atoms with van der Waals surface area (Å²) in [5.74, 6) is -0.484. The van der Waals surface area contributed by atoms with Crippen LogP contribution in [-0.4, -0.2) is 40.0 Å². The number of carbonyl (C=O) groups excluding carboxylic acids is 2. The van der Waals surface area contributed by atoms with Crippen LogP contribution in [0.2, 0.25) is 0 Å². The molecule has 32 heavy (non-hydrogen) atoms. The highest BCUT2D eigenvalue weighted by Crippen LogP contribution is 2.44. The number of benzene rings is 2. The lowest BCUT2D eigenvalue weighted by Gasteiger charge is -2.30. The Kier molecular flexibility index (Phi) is 5.96. The maximum atomic E-state index is 13.2. The van der Waals surface area contributed by atoms with Gasteiger partial charge >= 0.3 is 0 Å². The summed E-state index contributed by atoms with van der Waals surface area (Å²) in [6, 6.07) is 11.0. The molecule has 1 atom stereocenters. The number of aliphatic hydroxyl groups is 1. The third kappa shape index (κ3) is 3.74. The molecular formula is C26H29NO5. The highest BCUT2D eigenvalue weighted by molar-refractivity contribution is 6.46. The van der Waals surface area contributed by atoms with Crippen molar-refractivity contribution in [1.82, 2.24) is 4.90 Å². The van der Waals surface area contributed by atoms with Gasteiger partial charge in [0, 0.05) is 11.6 Å². The Morgan fingerprint density at radius 2 is 1.72 bits per heavy atom. The lowest BCUT2D eigenvalue weighted by Crippen LogP contribution is -2.37. The summed E-state index contributed by atoms with van der Waals surface area (Å²) < 4.78 is 5.44. The van der Waals surface area contributed by atoms with E-state index in [9.17, 15) is 19.8 Å². The van der Waals surface area contributed by atoms with Crippen LogP contribution in [0.15, 0.2) is 48.0 Å². The number of ketones is 1. The number of methoxy groups -OCH3 is 1. The third-order valence-electron chi connectivity index (χ3n) is 6.53. The van der Waals surface area contributed by atoms with Crippen LogP contribution in [0.5, 0.6) is 11.5 Å². The monoisotopic (exact) mass is 435 g/mol. The van der Waals surface area contributed by atoms with E-state index in [0.717, 1.165) is 31.2 Å². The standard InChI is InChI=1S/C26H29NO5/c1-15(2)20-14-17(10-13-21(20)32-3)24(29)22-23(16-8-11-19(28)12-9-16)27(26(31)25(22)30)18-6-4-5-7-18/h8-15,18,23,28-29H,4-7H2,1-3H3/b24-22-. The average molecular weight is 436 g/mol. The molecule has 0 aromatic heterocycles. The van der Waals surface area contributed by atoms with E-state index in [1.165, 1.54) is 12.1 Å². The predicted molar refractivity (Wildman–Crippen MR) is 122 cm³/mol. The summed E-state index contributed by atoms with van der Waals surface area (Å²) in [4.78, 5) is 28.0. The number of phenols is 1. The van der Waals surface area contributed by atoms with Crippen LogP contribution in [0.25, 0.3) is 5.76 Å². The van der Waals surface area contributed by atoms with Gasteiger partial charge in [0.2, 0.25) is 0 Å². The van der Waals surface area contributed by atoms with Crippen molar-refractivity contribution in [2.24, 2.45) is 0 Å². The van der Waals surface area contributed by atoms with Gasteiger partial charge in [-0.15, -0.1) is 0 Å². The summed E-state index contributed by atoms with van der Waals surface area (Å²) in [7, 11) is 1.60. The number of aliphatic hydroxyl groups excluding tert-OH is 1. The first-order valence-electron chi connectivity index (χ1n) is 11.1. The maximum absolute atomic E-state index is 13.2. The van der Waals surface area contributed by atoms with Gasteiger partial charge in [-0.2, -0.15) is 0 Å². The fourth-order valence-corrected chi connectivity index (χ4v) is 4.88. The van der Waals surface area contributed by atoms with Crippen molar-refractivity contribution in [3.8, 4) is 11.5 Å². The Hall–Kier alpha value is -3.28. The number of Topliss-reactive ketones (excluding diaryl/α,β-unsaturated/α-hetero) is 1. The van der Waals surface area contributed by atoms with E-state index in [1.807, 2.05) is 19.9 Å². The molecule has 1 aliphatic carbocycles. The number of ether oxygens (including phenoxy) is 1. The number of hydrogen-bond acceptors (Lipinski definition) is 5. The molecule has 0 radical (unpaired) electrons. The van der Waals surface area contributed by atoms with Gasteiger partial charge in [-0.05, 0) is 60.2 Å². The van der Waals surface area contributed by atoms with Gasteiger partial charge in [0.1, 0.15) is 17.3 Å². The molecule has 1 unspecified atom stereocenters. The first-order valence-corrected chi connectivity index (χ1v) is 11.1. The van der Waals surface area contributed by atoms with Crippen LogP contribution in [0.4, 0.5) is 0 Å². The number of aromatic hydroxyl groups is 1. The Balaban J connectivity index is 1.88. The predicted octanol–water partition coefficient (Wildman–Crippen LogP) is 4.89. The molecule has 2 aliphatic rings. The van der Waals surface area contributed by atoms with Crippen LogP contribution in [0.3, 0.4) is 0 Å². The van der Waals surface area contributed by atoms with Gasteiger partial charge in [-0.25, -0.2) is 0 Å². The smallest absolute Gasteiger partial charge is 0.295 e. The number of likely N-dealkylation sites (tertiary alicyclic amines) is 1. The van der Waals surface area contributed by atoms with E-state index in [0.29, 0.717) is 16.9 Å². The Morgan fingerprint density at radius 3 is 2.31 bits per heavy atom. The molecule has 2 fully saturated rings. The minimum absolute atomic E-state index is 0.0438. The number of rotatable bonds is 5. The number of amides is 1. The lowest BCUT2D eigenvalue weighted by atomic mass is 9.92. The van der Waals surface area contributed by atoms with Gasteiger partial charge in [0.15, 0.2) is 0 Å². The molecule has 1 amide bonds. The average Bonchev–Trinajstić information content (AvgIpc) is 3.40. The van der Waals surface area contributed by atoms with E-state index in [4.69, 9.17) is 4.74 Å². The van der Waals surface area contributed by atoms with Crippen LogP contribution in [-0.2, 0) is 9.59 Å². The summed E-state index contributed by atoms with van der Waals surface area (Å²) >= 11 is 0. The summed E-state index contributed by atoms with van der Waals surface area (Å²) in [6.07, 6.45) is 3.68. The van der Waals surface area contributed by atoms with Crippen molar-refractivity contribution >= 4 is 17.4 Å². The number of phenolic OH excluding ortho intramolecular Hbond substituents is 1. The molecule has 1 saturated heterocycles. The second kappa shape index (κ2) is 8.69. The molecule has 1 heterocycles. The van der Waals surface area contributed by atoms with Crippen LogP contribution in [0, 0.1) is 0 Å². The molecule has 6 heteroatoms. The van der Waals surface area contributed by atoms with E-state index >= 15 is 0 Å². The van der Waals surface area contributed by atoms with E-state index in [-0.39, 0.29) is 29.0 Å². The number of nitrogens with zero attached hydrogens (tertiary/aromatic N) is 1. The first kappa shape index (κ1) is 21.9. The quantitative estimate of drug-likeness (QED) is 0.397. The van der Waals surface area contributed by atoms with Crippen LogP contribution >= 0.6 is 0 Å². The lowest BCUT2D eigenvalue weighted by molar-refractivity contribution is -0.141. The van der Waals surface area contributed by atoms with Gasteiger partial charge in [0.05, 0.1) is 18.7 Å². The fraction of sp³-hybridized carbons (Fsp3) is 0.385. The fourth-order valence-electron chi connectivity index (χ4n) is 4.88. The number of hydrogen-bond donors (Lipinski definition) is 2. The highest BCUT2D eigenvalue weighted by atomic mass is 16.5. The maximum Gasteiger partial charge on any atom is 0.295 e. The minimum atomic E-state index is -0.691. The first-order chi connectivity index (χ1) is 15.3. The van der Waals surface area contributed by atoms with E-state index in [2.05, 4.69) is 0 Å². The van der Waals surface area contributed by atoms with E-state index < -0.39 is 17.7 Å². The molecular weight excluding hydrogens is 406 g/mol. The summed E-state index contributed by atoms with van der Waals surface area (Å²) in [5.41, 5.74) is 2.16. The molecule has 4 rings (SSSR count). The van der Waals surface area contributed by atoms with Gasteiger partial charge in [0.25, 0.3) is 11.7 Å². The van der Waals surface area contributed by atoms with Gasteiger partial charge in [-0.1, -0.05) is 38.8 Å². The molecule has 2 aromatic rings. The summed E-state index contributed by atoms with van der Waals surface area (Å²) in [6.45, 7) is 4.05. The SMILES string of the molecule is COc1ccc(/C(O)=C2/C(=O)C(=O)N(C3CCCC3)C2c2ccc(O)cc2)cc1C(C)C. The zero-order valence-corrected chi connectivity index (χ0v) is 18.7. The van der Waals surface area contributed by atoms with Crippen LogP contribution in [0.1, 0.15) is 68.2 Å². The minimum Gasteiger partial charge on any atom is -0.508 e. The largest absolute Gasteiger partial charge is 0.508 e. The van der Waals surface area contributed by atoms with Crippen molar-refractivity contribution < 1.29 is 24.5 Å². The normalized spacial score (nSPS) is 21.0. The molecule has 1 aliphatic heterocycles. The van der Waals surface area contributed by atoms with Gasteiger partial charge in [-0.3, -0.25) is 9.59 Å². The van der Waals surface area contributed by atoms with Crippen molar-refractivity contribution in [2.45, 2.75) is 57.5 Å². The topological polar surface area (TPSA) is 87.1 Å². The molecule has 2 N–H and O–H groups in total. The zero-order valence-electron chi connectivity index (χ0n) is 18.7. The highest BCUT2D eigenvalue weighted by Gasteiger charge is 2.49. The molecule has 0 spiro atoms. The second-order valence-electron chi connectivity index (χ2n) is 8.85. The molecule has 6 nitrogen and oxygen atoms in total. The van der Waals surface area contributed by atoms with Crippen molar-refractivity contribution in [3.63, 3.8) is 0 Å². The number of carbonyl (C=O) groups is 2. The molecule has 2 aromatic carbocycles. The summed E-state index contributed by atoms with van der Waals surface area (Å²) in [5, 5.41) is 21.1.